The van der Waals surface area contributed by atoms with E-state index in [9.17, 15) is 0 Å². The van der Waals surface area contributed by atoms with E-state index in [2.05, 4.69) is 34.6 Å². The standard InChI is InChI=1S/C15H21N3O2/c1-3-10-16-11-15-18-17-14(20-15)9-6-12-4-7-13(19-2)8-5-12/h4-5,7-8,16H,3,6,9-11H2,1-2H3. The molecule has 1 aromatic carbocycles. The van der Waals surface area contributed by atoms with Gasteiger partial charge in [0.2, 0.25) is 11.8 Å². The van der Waals surface area contributed by atoms with Crippen LogP contribution in [-0.4, -0.2) is 23.9 Å². The highest BCUT2D eigenvalue weighted by Gasteiger charge is 2.06. The molecule has 0 saturated heterocycles. The van der Waals surface area contributed by atoms with E-state index < -0.39 is 0 Å². The monoisotopic (exact) mass is 275 g/mol. The minimum Gasteiger partial charge on any atom is -0.497 e. The Labute approximate surface area is 119 Å². The number of hydrogen-bond acceptors (Lipinski definition) is 5. The zero-order valence-electron chi connectivity index (χ0n) is 12.1. The highest BCUT2D eigenvalue weighted by molar-refractivity contribution is 5.27. The molecule has 0 saturated carbocycles. The normalized spacial score (nSPS) is 10.7. The fraction of sp³-hybridized carbons (Fsp3) is 0.467. The molecule has 0 amide bonds. The zero-order chi connectivity index (χ0) is 14.2. The maximum atomic E-state index is 5.59. The minimum atomic E-state index is 0.642. The summed E-state index contributed by atoms with van der Waals surface area (Å²) in [4.78, 5) is 0. The smallest absolute Gasteiger partial charge is 0.230 e. The van der Waals surface area contributed by atoms with Crippen molar-refractivity contribution < 1.29 is 9.15 Å². The van der Waals surface area contributed by atoms with Gasteiger partial charge in [0.1, 0.15) is 5.75 Å². The second-order valence-corrected chi connectivity index (χ2v) is 4.61. The first-order valence-electron chi connectivity index (χ1n) is 6.96. The highest BCUT2D eigenvalue weighted by Crippen LogP contribution is 2.13. The van der Waals surface area contributed by atoms with Crippen LogP contribution in [0.4, 0.5) is 0 Å². The van der Waals surface area contributed by atoms with Crippen molar-refractivity contribution in [2.45, 2.75) is 32.7 Å². The van der Waals surface area contributed by atoms with Crippen molar-refractivity contribution in [2.24, 2.45) is 0 Å². The molecule has 5 heteroatoms. The number of nitrogens with zero attached hydrogens (tertiary/aromatic N) is 2. The second-order valence-electron chi connectivity index (χ2n) is 4.61. The molecule has 0 radical (unpaired) electrons. The topological polar surface area (TPSA) is 60.2 Å². The number of methoxy groups -OCH3 is 1. The number of aryl methyl sites for hydroxylation is 2. The Balaban J connectivity index is 1.81. The molecule has 0 aliphatic rings. The molecule has 0 unspecified atom stereocenters. The van der Waals surface area contributed by atoms with Crippen LogP contribution >= 0.6 is 0 Å². The molecule has 0 aliphatic carbocycles. The molecule has 0 fully saturated rings. The van der Waals surface area contributed by atoms with Crippen molar-refractivity contribution in [3.05, 3.63) is 41.6 Å². The molecule has 0 aliphatic heterocycles. The predicted molar refractivity (Wildman–Crippen MR) is 76.7 cm³/mol. The van der Waals surface area contributed by atoms with Crippen LogP contribution in [0, 0.1) is 0 Å². The third-order valence-corrected chi connectivity index (χ3v) is 3.00. The molecule has 2 aromatic rings. The van der Waals surface area contributed by atoms with Gasteiger partial charge in [0, 0.05) is 6.42 Å². The number of hydrogen-bond donors (Lipinski definition) is 1. The summed E-state index contributed by atoms with van der Waals surface area (Å²) in [6.07, 6.45) is 2.74. The molecule has 1 N–H and O–H groups in total. The van der Waals surface area contributed by atoms with E-state index in [1.807, 2.05) is 12.1 Å². The van der Waals surface area contributed by atoms with Gasteiger partial charge in [-0.05, 0) is 37.1 Å². The number of aromatic nitrogens is 2. The van der Waals surface area contributed by atoms with E-state index >= 15 is 0 Å². The Hall–Kier alpha value is -1.88. The van der Waals surface area contributed by atoms with Crippen LogP contribution < -0.4 is 10.1 Å². The molecule has 2 rings (SSSR count). The third kappa shape index (κ3) is 4.35. The Morgan fingerprint density at radius 3 is 2.55 bits per heavy atom. The summed E-state index contributed by atoms with van der Waals surface area (Å²) in [5, 5.41) is 11.3. The number of nitrogens with one attached hydrogen (secondary N) is 1. The van der Waals surface area contributed by atoms with Crippen LogP contribution in [0.2, 0.25) is 0 Å². The van der Waals surface area contributed by atoms with Crippen LogP contribution in [0.15, 0.2) is 28.7 Å². The summed E-state index contributed by atoms with van der Waals surface area (Å²) in [6, 6.07) is 8.03. The van der Waals surface area contributed by atoms with Crippen LogP contribution in [0.25, 0.3) is 0 Å². The van der Waals surface area contributed by atoms with E-state index in [1.165, 1.54) is 5.56 Å². The average molecular weight is 275 g/mol. The van der Waals surface area contributed by atoms with Gasteiger partial charge in [-0.15, -0.1) is 10.2 Å². The molecule has 1 aromatic heterocycles. The van der Waals surface area contributed by atoms with E-state index in [0.717, 1.165) is 31.6 Å². The van der Waals surface area contributed by atoms with Gasteiger partial charge < -0.3 is 14.5 Å². The van der Waals surface area contributed by atoms with Crippen molar-refractivity contribution in [3.63, 3.8) is 0 Å². The van der Waals surface area contributed by atoms with Crippen molar-refractivity contribution in [2.75, 3.05) is 13.7 Å². The van der Waals surface area contributed by atoms with Gasteiger partial charge in [0.15, 0.2) is 0 Å². The minimum absolute atomic E-state index is 0.642. The Morgan fingerprint density at radius 2 is 1.85 bits per heavy atom. The lowest BCUT2D eigenvalue weighted by Gasteiger charge is -2.01. The lowest BCUT2D eigenvalue weighted by atomic mass is 10.1. The van der Waals surface area contributed by atoms with Crippen LogP contribution in [-0.2, 0) is 19.4 Å². The van der Waals surface area contributed by atoms with E-state index in [0.29, 0.717) is 18.3 Å². The van der Waals surface area contributed by atoms with Crippen LogP contribution in [0.1, 0.15) is 30.7 Å². The van der Waals surface area contributed by atoms with Gasteiger partial charge in [-0.2, -0.15) is 0 Å². The Bertz CT molecular complexity index is 508. The maximum absolute atomic E-state index is 5.59. The summed E-state index contributed by atoms with van der Waals surface area (Å²) in [5.74, 6) is 2.22. The van der Waals surface area contributed by atoms with E-state index in [4.69, 9.17) is 9.15 Å². The summed E-state index contributed by atoms with van der Waals surface area (Å²) >= 11 is 0. The lowest BCUT2D eigenvalue weighted by Crippen LogP contribution is -2.13. The number of benzene rings is 1. The lowest BCUT2D eigenvalue weighted by molar-refractivity contribution is 0.414. The first kappa shape index (κ1) is 14.5. The molecule has 0 atom stereocenters. The fourth-order valence-corrected chi connectivity index (χ4v) is 1.88. The summed E-state index contributed by atoms with van der Waals surface area (Å²) < 4.78 is 10.7. The molecular weight excluding hydrogens is 254 g/mol. The Morgan fingerprint density at radius 1 is 1.10 bits per heavy atom. The van der Waals surface area contributed by atoms with Gasteiger partial charge in [-0.3, -0.25) is 0 Å². The summed E-state index contributed by atoms with van der Waals surface area (Å²) in [7, 11) is 1.67. The van der Waals surface area contributed by atoms with Gasteiger partial charge in [-0.1, -0.05) is 19.1 Å². The highest BCUT2D eigenvalue weighted by atomic mass is 16.5. The number of ether oxygens (including phenoxy) is 1. The maximum Gasteiger partial charge on any atom is 0.230 e. The SMILES string of the molecule is CCCNCc1nnc(CCc2ccc(OC)cc2)o1. The van der Waals surface area contributed by atoms with E-state index in [-0.39, 0.29) is 0 Å². The average Bonchev–Trinajstić information content (AvgIpc) is 2.94. The number of rotatable bonds is 8. The van der Waals surface area contributed by atoms with Crippen LogP contribution in [0.5, 0.6) is 5.75 Å². The first-order chi connectivity index (χ1) is 9.81. The molecule has 1 heterocycles. The van der Waals surface area contributed by atoms with Crippen molar-refractivity contribution in [1.82, 2.24) is 15.5 Å². The zero-order valence-corrected chi connectivity index (χ0v) is 12.1. The summed E-state index contributed by atoms with van der Waals surface area (Å²) in [5.41, 5.74) is 1.23. The molecular formula is C15H21N3O2. The van der Waals surface area contributed by atoms with Gasteiger partial charge in [0.25, 0.3) is 0 Å². The Kier molecular flexibility index (Phi) is 5.55. The quantitative estimate of drug-likeness (QED) is 0.749. The van der Waals surface area contributed by atoms with E-state index in [1.54, 1.807) is 7.11 Å². The predicted octanol–water partition coefficient (Wildman–Crippen LogP) is 2.36. The van der Waals surface area contributed by atoms with Gasteiger partial charge >= 0.3 is 0 Å². The third-order valence-electron chi connectivity index (χ3n) is 3.00. The van der Waals surface area contributed by atoms with Gasteiger partial charge in [0.05, 0.1) is 13.7 Å². The van der Waals surface area contributed by atoms with Crippen molar-refractivity contribution >= 4 is 0 Å². The van der Waals surface area contributed by atoms with Crippen molar-refractivity contribution in [3.8, 4) is 5.75 Å². The molecule has 5 nitrogen and oxygen atoms in total. The molecule has 20 heavy (non-hydrogen) atoms. The van der Waals surface area contributed by atoms with Crippen molar-refractivity contribution in [1.29, 1.82) is 0 Å². The molecule has 108 valence electrons. The van der Waals surface area contributed by atoms with Gasteiger partial charge in [-0.25, -0.2) is 0 Å². The van der Waals surface area contributed by atoms with Crippen LogP contribution in [0.3, 0.4) is 0 Å². The molecule has 0 spiro atoms. The second kappa shape index (κ2) is 7.65. The summed E-state index contributed by atoms with van der Waals surface area (Å²) in [6.45, 7) is 3.73. The molecule has 0 bridgehead atoms. The fourth-order valence-electron chi connectivity index (χ4n) is 1.88. The first-order valence-corrected chi connectivity index (χ1v) is 6.96. The largest absolute Gasteiger partial charge is 0.497 e.